The molecule has 0 aliphatic carbocycles. The first-order chi connectivity index (χ1) is 9.31. The molecule has 0 aliphatic heterocycles. The highest BCUT2D eigenvalue weighted by molar-refractivity contribution is 7.80. The van der Waals surface area contributed by atoms with E-state index in [4.69, 9.17) is 0 Å². The van der Waals surface area contributed by atoms with E-state index < -0.39 is 0 Å². The lowest BCUT2D eigenvalue weighted by Gasteiger charge is -2.05. The highest BCUT2D eigenvalue weighted by atomic mass is 32.1. The van der Waals surface area contributed by atoms with Gasteiger partial charge in [-0.3, -0.25) is 10.1 Å². The van der Waals surface area contributed by atoms with Gasteiger partial charge in [-0.1, -0.05) is 64.7 Å². The Hall–Kier alpha value is -0.220. The summed E-state index contributed by atoms with van der Waals surface area (Å²) in [4.78, 5) is 11.3. The molecule has 0 rings (SSSR count). The lowest BCUT2D eigenvalue weighted by Crippen LogP contribution is -2.33. The fraction of sp³-hybridized carbons (Fsp3) is 0.933. The van der Waals surface area contributed by atoms with E-state index in [2.05, 4.69) is 30.2 Å². The first-order valence-corrected chi connectivity index (χ1v) is 8.52. The molecule has 0 aliphatic rings. The molecular weight excluding hydrogens is 256 g/mol. The molecule has 1 amide bonds. The summed E-state index contributed by atoms with van der Waals surface area (Å²) in [6.07, 6.45) is 13.3. The summed E-state index contributed by atoms with van der Waals surface area (Å²) in [5.74, 6) is 0.621. The average Bonchev–Trinajstić information content (AvgIpc) is 2.42. The summed E-state index contributed by atoms with van der Waals surface area (Å²) in [6.45, 7) is 3.44. The molecule has 0 fully saturated rings. The molecule has 0 atom stereocenters. The van der Waals surface area contributed by atoms with Crippen molar-refractivity contribution in [3.63, 3.8) is 0 Å². The molecule has 0 aromatic rings. The van der Waals surface area contributed by atoms with Crippen molar-refractivity contribution in [2.45, 2.75) is 71.1 Å². The van der Waals surface area contributed by atoms with Crippen LogP contribution in [-0.4, -0.2) is 24.9 Å². The fourth-order valence-electron chi connectivity index (χ4n) is 2.07. The predicted molar refractivity (Wildman–Crippen MR) is 86.7 cm³/mol. The zero-order valence-electron chi connectivity index (χ0n) is 12.5. The van der Waals surface area contributed by atoms with E-state index in [-0.39, 0.29) is 5.91 Å². The molecule has 4 heteroatoms. The molecule has 0 unspecified atom stereocenters. The van der Waals surface area contributed by atoms with Crippen LogP contribution in [0.25, 0.3) is 0 Å². The van der Waals surface area contributed by atoms with Crippen molar-refractivity contribution in [3.8, 4) is 0 Å². The minimum atomic E-state index is 0.0741. The Bertz CT molecular complexity index is 201. The summed E-state index contributed by atoms with van der Waals surface area (Å²) in [5.41, 5.74) is 0. The highest BCUT2D eigenvalue weighted by Crippen LogP contribution is 2.10. The molecule has 0 spiro atoms. The third-order valence-electron chi connectivity index (χ3n) is 3.25. The van der Waals surface area contributed by atoms with Crippen molar-refractivity contribution in [2.75, 3.05) is 19.0 Å². The third kappa shape index (κ3) is 15.7. The SMILES string of the molecule is CCCCCCCCCCCCNC(=O)CNCS. The first kappa shape index (κ1) is 18.8. The molecule has 0 aromatic heterocycles. The van der Waals surface area contributed by atoms with Crippen molar-refractivity contribution >= 4 is 18.5 Å². The smallest absolute Gasteiger partial charge is 0.233 e. The minimum absolute atomic E-state index is 0.0741. The maximum absolute atomic E-state index is 11.3. The van der Waals surface area contributed by atoms with Crippen LogP contribution in [0.1, 0.15) is 71.1 Å². The van der Waals surface area contributed by atoms with E-state index in [0.29, 0.717) is 12.4 Å². The van der Waals surface area contributed by atoms with E-state index in [1.54, 1.807) is 0 Å². The van der Waals surface area contributed by atoms with Gasteiger partial charge in [0.2, 0.25) is 5.91 Å². The number of carbonyl (C=O) groups excluding carboxylic acids is 1. The molecule has 114 valence electrons. The molecule has 0 heterocycles. The zero-order chi connectivity index (χ0) is 14.2. The molecule has 3 nitrogen and oxygen atoms in total. The van der Waals surface area contributed by atoms with Crippen molar-refractivity contribution < 1.29 is 4.79 Å². The van der Waals surface area contributed by atoms with Crippen LogP contribution in [0.3, 0.4) is 0 Å². The standard InChI is InChI=1S/C15H32N2OS/c1-2-3-4-5-6-7-8-9-10-11-12-17-15(18)13-16-14-19/h16,19H,2-14H2,1H3,(H,17,18). The van der Waals surface area contributed by atoms with Crippen molar-refractivity contribution in [2.24, 2.45) is 0 Å². The zero-order valence-corrected chi connectivity index (χ0v) is 13.4. The van der Waals surface area contributed by atoms with Gasteiger partial charge in [0.1, 0.15) is 0 Å². The van der Waals surface area contributed by atoms with E-state index in [9.17, 15) is 4.79 Å². The van der Waals surface area contributed by atoms with Crippen LogP contribution in [0.15, 0.2) is 0 Å². The van der Waals surface area contributed by atoms with Gasteiger partial charge < -0.3 is 5.32 Å². The maximum Gasteiger partial charge on any atom is 0.233 e. The monoisotopic (exact) mass is 288 g/mol. The summed E-state index contributed by atoms with van der Waals surface area (Å²) in [7, 11) is 0. The second-order valence-corrected chi connectivity index (χ2v) is 5.43. The van der Waals surface area contributed by atoms with Crippen molar-refractivity contribution in [1.29, 1.82) is 0 Å². The molecule has 0 saturated carbocycles. The normalized spacial score (nSPS) is 10.6. The van der Waals surface area contributed by atoms with Gasteiger partial charge in [-0.15, -0.1) is 0 Å². The Balaban J connectivity index is 3.04. The molecule has 0 aromatic carbocycles. The van der Waals surface area contributed by atoms with Crippen LogP contribution in [0.5, 0.6) is 0 Å². The van der Waals surface area contributed by atoms with Crippen LogP contribution in [0.2, 0.25) is 0 Å². The fourth-order valence-corrected chi connectivity index (χ4v) is 2.18. The Morgan fingerprint density at radius 3 is 1.95 bits per heavy atom. The number of hydrogen-bond donors (Lipinski definition) is 3. The van der Waals surface area contributed by atoms with Crippen LogP contribution in [0, 0.1) is 0 Å². The Morgan fingerprint density at radius 1 is 0.895 bits per heavy atom. The van der Waals surface area contributed by atoms with Gasteiger partial charge in [-0.25, -0.2) is 0 Å². The number of carbonyl (C=O) groups is 1. The van der Waals surface area contributed by atoms with Gasteiger partial charge in [0.15, 0.2) is 0 Å². The quantitative estimate of drug-likeness (QED) is 0.260. The van der Waals surface area contributed by atoms with Crippen molar-refractivity contribution in [1.82, 2.24) is 10.6 Å². The Labute approximate surface area is 124 Å². The van der Waals surface area contributed by atoms with Crippen LogP contribution in [-0.2, 0) is 4.79 Å². The summed E-state index contributed by atoms with van der Waals surface area (Å²) < 4.78 is 0. The first-order valence-electron chi connectivity index (χ1n) is 7.89. The molecule has 0 radical (unpaired) electrons. The van der Waals surface area contributed by atoms with Gasteiger partial charge in [-0.2, -0.15) is 12.6 Å². The Kier molecular flexibility index (Phi) is 15.7. The van der Waals surface area contributed by atoms with Gasteiger partial charge in [0, 0.05) is 12.4 Å². The van der Waals surface area contributed by atoms with E-state index >= 15 is 0 Å². The van der Waals surface area contributed by atoms with E-state index in [1.165, 1.54) is 57.8 Å². The Morgan fingerprint density at radius 2 is 1.42 bits per heavy atom. The van der Waals surface area contributed by atoms with Gasteiger partial charge >= 0.3 is 0 Å². The number of rotatable bonds is 14. The average molecular weight is 289 g/mol. The second-order valence-electron chi connectivity index (χ2n) is 5.12. The maximum atomic E-state index is 11.3. The summed E-state index contributed by atoms with van der Waals surface area (Å²) in [5, 5.41) is 5.80. The van der Waals surface area contributed by atoms with Crippen LogP contribution >= 0.6 is 12.6 Å². The topological polar surface area (TPSA) is 41.1 Å². The van der Waals surface area contributed by atoms with Gasteiger partial charge in [-0.05, 0) is 6.42 Å². The number of hydrogen-bond acceptors (Lipinski definition) is 3. The van der Waals surface area contributed by atoms with Crippen LogP contribution in [0.4, 0.5) is 0 Å². The lowest BCUT2D eigenvalue weighted by atomic mass is 10.1. The molecule has 2 N–H and O–H groups in total. The highest BCUT2D eigenvalue weighted by Gasteiger charge is 1.98. The molecule has 0 saturated heterocycles. The largest absolute Gasteiger partial charge is 0.355 e. The molecule has 19 heavy (non-hydrogen) atoms. The number of unbranched alkanes of at least 4 members (excludes halogenated alkanes) is 9. The van der Waals surface area contributed by atoms with Gasteiger partial charge in [0.05, 0.1) is 6.54 Å². The third-order valence-corrected chi connectivity index (χ3v) is 3.47. The number of thiol groups is 1. The van der Waals surface area contributed by atoms with Gasteiger partial charge in [0.25, 0.3) is 0 Å². The van der Waals surface area contributed by atoms with E-state index in [1.807, 2.05) is 0 Å². The lowest BCUT2D eigenvalue weighted by molar-refractivity contribution is -0.120. The number of nitrogens with one attached hydrogen (secondary N) is 2. The molecular formula is C15H32N2OS. The van der Waals surface area contributed by atoms with Crippen molar-refractivity contribution in [3.05, 3.63) is 0 Å². The minimum Gasteiger partial charge on any atom is -0.355 e. The second kappa shape index (κ2) is 15.8. The predicted octanol–water partition coefficient (Wildman–Crippen LogP) is 3.50. The summed E-state index contributed by atoms with van der Waals surface area (Å²) in [6, 6.07) is 0. The number of amides is 1. The summed E-state index contributed by atoms with van der Waals surface area (Å²) >= 11 is 3.99. The molecule has 0 bridgehead atoms. The van der Waals surface area contributed by atoms with E-state index in [0.717, 1.165) is 13.0 Å². The van der Waals surface area contributed by atoms with Crippen LogP contribution < -0.4 is 10.6 Å².